The van der Waals surface area contributed by atoms with Gasteiger partial charge in [0.1, 0.15) is 4.88 Å². The second kappa shape index (κ2) is 3.03. The van der Waals surface area contributed by atoms with Crippen molar-refractivity contribution in [1.29, 1.82) is 0 Å². The number of methoxy groups -OCH3 is 1. The number of hydrogen-bond acceptors (Lipinski definition) is 3. The summed E-state index contributed by atoms with van der Waals surface area (Å²) >= 11 is 6.74. The first kappa shape index (κ1) is 7.57. The van der Waals surface area contributed by atoms with Crippen LogP contribution < -0.4 is 0 Å². The Hall–Kier alpha value is -0.540. The van der Waals surface area contributed by atoms with E-state index in [0.717, 1.165) is 11.3 Å². The van der Waals surface area contributed by atoms with Crippen LogP contribution in [0, 0.1) is 5.38 Å². The summed E-state index contributed by atoms with van der Waals surface area (Å²) in [6.07, 6.45) is 0. The zero-order chi connectivity index (χ0) is 7.56. The lowest BCUT2D eigenvalue weighted by molar-refractivity contribution is 0.0606. The molecule has 1 aromatic heterocycles. The highest BCUT2D eigenvalue weighted by Crippen LogP contribution is 2.21. The van der Waals surface area contributed by atoms with Crippen molar-refractivity contribution in [2.24, 2.45) is 0 Å². The second-order valence-corrected chi connectivity index (χ2v) is 2.79. The van der Waals surface area contributed by atoms with Crippen LogP contribution in [0.3, 0.4) is 0 Å². The van der Waals surface area contributed by atoms with Crippen LogP contribution in [0.5, 0.6) is 0 Å². The van der Waals surface area contributed by atoms with E-state index in [1.165, 1.54) is 7.11 Å². The molecule has 0 saturated carbocycles. The molecule has 0 saturated heterocycles. The Balaban J connectivity index is 2.93. The predicted molar refractivity (Wildman–Crippen MR) is 39.5 cm³/mol. The van der Waals surface area contributed by atoms with Crippen LogP contribution in [0.4, 0.5) is 0 Å². The number of halogens is 1. The Labute approximate surface area is 67.4 Å². The lowest BCUT2D eigenvalue weighted by atomic mass is 10.5. The summed E-state index contributed by atoms with van der Waals surface area (Å²) < 4.78 is 4.44. The van der Waals surface area contributed by atoms with Crippen molar-refractivity contribution in [2.45, 2.75) is 0 Å². The second-order valence-electron chi connectivity index (χ2n) is 1.53. The summed E-state index contributed by atoms with van der Waals surface area (Å²) in [6, 6.07) is 1.54. The third-order valence-corrected chi connectivity index (χ3v) is 2.17. The van der Waals surface area contributed by atoms with Crippen LogP contribution in [-0.4, -0.2) is 13.1 Å². The molecule has 1 radical (unpaired) electrons. The number of hydrogen-bond donors (Lipinski definition) is 0. The van der Waals surface area contributed by atoms with Crippen LogP contribution in [0.2, 0.25) is 5.02 Å². The highest BCUT2D eigenvalue weighted by Gasteiger charge is 2.10. The van der Waals surface area contributed by atoms with E-state index in [0.29, 0.717) is 9.90 Å². The highest BCUT2D eigenvalue weighted by atomic mass is 35.5. The summed E-state index contributed by atoms with van der Waals surface area (Å²) in [4.78, 5) is 11.2. The normalized spacial score (nSPS) is 9.40. The highest BCUT2D eigenvalue weighted by molar-refractivity contribution is 7.12. The van der Waals surface area contributed by atoms with Crippen LogP contribution in [0.15, 0.2) is 6.07 Å². The maximum atomic E-state index is 10.8. The maximum Gasteiger partial charge on any atom is 0.349 e. The van der Waals surface area contributed by atoms with Crippen molar-refractivity contribution in [3.8, 4) is 0 Å². The Kier molecular flexibility index (Phi) is 2.29. The standard InChI is InChI=1S/C6H4ClO2S/c1-9-6(8)5-4(7)2-3-10-5/h2H,1H3. The average molecular weight is 176 g/mol. The molecule has 0 bridgehead atoms. The first-order valence-electron chi connectivity index (χ1n) is 2.49. The fourth-order valence-electron chi connectivity index (χ4n) is 0.486. The molecule has 0 N–H and O–H groups in total. The Morgan fingerprint density at radius 3 is 3.00 bits per heavy atom. The van der Waals surface area contributed by atoms with E-state index >= 15 is 0 Å². The van der Waals surface area contributed by atoms with E-state index in [1.807, 2.05) is 0 Å². The van der Waals surface area contributed by atoms with Gasteiger partial charge in [0, 0.05) is 5.38 Å². The molecule has 10 heavy (non-hydrogen) atoms. The Bertz CT molecular complexity index is 244. The van der Waals surface area contributed by atoms with Gasteiger partial charge in [-0.25, -0.2) is 4.79 Å². The van der Waals surface area contributed by atoms with E-state index in [1.54, 1.807) is 6.07 Å². The van der Waals surface area contributed by atoms with Crippen LogP contribution in [-0.2, 0) is 4.74 Å². The molecular formula is C6H4ClO2S. The van der Waals surface area contributed by atoms with Gasteiger partial charge in [-0.2, -0.15) is 0 Å². The molecule has 0 aromatic carbocycles. The molecule has 1 rings (SSSR count). The molecule has 1 aromatic rings. The summed E-state index contributed by atoms with van der Waals surface area (Å²) in [6.45, 7) is 0. The third-order valence-electron chi connectivity index (χ3n) is 0.934. The first-order chi connectivity index (χ1) is 4.75. The van der Waals surface area contributed by atoms with Crippen LogP contribution >= 0.6 is 22.9 Å². The third kappa shape index (κ3) is 1.30. The molecule has 1 heterocycles. The molecular weight excluding hydrogens is 172 g/mol. The van der Waals surface area contributed by atoms with Gasteiger partial charge in [-0.15, -0.1) is 11.3 Å². The molecule has 2 nitrogen and oxygen atoms in total. The van der Waals surface area contributed by atoms with Gasteiger partial charge in [0.25, 0.3) is 0 Å². The van der Waals surface area contributed by atoms with Crippen molar-refractivity contribution >= 4 is 28.9 Å². The fraction of sp³-hybridized carbons (Fsp3) is 0.167. The molecule has 0 aliphatic rings. The van der Waals surface area contributed by atoms with Gasteiger partial charge in [0.15, 0.2) is 0 Å². The van der Waals surface area contributed by atoms with Gasteiger partial charge in [0.2, 0.25) is 0 Å². The number of rotatable bonds is 1. The van der Waals surface area contributed by atoms with Gasteiger partial charge >= 0.3 is 5.97 Å². The molecule has 0 amide bonds. The van der Waals surface area contributed by atoms with Crippen LogP contribution in [0.25, 0.3) is 0 Å². The first-order valence-corrected chi connectivity index (χ1v) is 3.69. The molecule has 0 aliphatic heterocycles. The fourth-order valence-corrected chi connectivity index (χ4v) is 1.42. The minimum absolute atomic E-state index is 0.400. The summed E-state index contributed by atoms with van der Waals surface area (Å²) in [5, 5.41) is 3.12. The lowest BCUT2D eigenvalue weighted by Crippen LogP contribution is -1.97. The predicted octanol–water partition coefficient (Wildman–Crippen LogP) is 1.99. The van der Waals surface area contributed by atoms with Crippen molar-refractivity contribution in [1.82, 2.24) is 0 Å². The maximum absolute atomic E-state index is 10.8. The van der Waals surface area contributed by atoms with Gasteiger partial charge in [0.05, 0.1) is 12.1 Å². The lowest BCUT2D eigenvalue weighted by Gasteiger charge is -1.92. The van der Waals surface area contributed by atoms with E-state index in [2.05, 4.69) is 10.1 Å². The number of ether oxygens (including phenoxy) is 1. The molecule has 0 atom stereocenters. The van der Waals surface area contributed by atoms with Crippen LogP contribution in [0.1, 0.15) is 9.67 Å². The zero-order valence-corrected chi connectivity index (χ0v) is 6.75. The van der Waals surface area contributed by atoms with Crippen molar-refractivity contribution in [2.75, 3.05) is 7.11 Å². The number of carbonyl (C=O) groups excluding carboxylic acids is 1. The number of thiophene rings is 1. The smallest absolute Gasteiger partial charge is 0.349 e. The quantitative estimate of drug-likeness (QED) is 0.611. The van der Waals surface area contributed by atoms with E-state index in [9.17, 15) is 4.79 Å². The summed E-state index contributed by atoms with van der Waals surface area (Å²) in [5.74, 6) is -0.406. The number of carbonyl (C=O) groups is 1. The Morgan fingerprint density at radius 2 is 2.60 bits per heavy atom. The number of esters is 1. The minimum Gasteiger partial charge on any atom is -0.465 e. The van der Waals surface area contributed by atoms with Gasteiger partial charge in [-0.3, -0.25) is 0 Å². The van der Waals surface area contributed by atoms with Crippen molar-refractivity contribution in [3.05, 3.63) is 21.3 Å². The zero-order valence-electron chi connectivity index (χ0n) is 5.18. The monoisotopic (exact) mass is 175 g/mol. The van der Waals surface area contributed by atoms with Gasteiger partial charge in [-0.05, 0) is 6.07 Å². The molecule has 0 unspecified atom stereocenters. The summed E-state index contributed by atoms with van der Waals surface area (Å²) in [7, 11) is 1.32. The van der Waals surface area contributed by atoms with E-state index < -0.39 is 5.97 Å². The molecule has 0 spiro atoms. The van der Waals surface area contributed by atoms with E-state index in [4.69, 9.17) is 11.6 Å². The molecule has 53 valence electrons. The topological polar surface area (TPSA) is 26.3 Å². The molecule has 0 fully saturated rings. The average Bonchev–Trinajstić information content (AvgIpc) is 2.34. The largest absolute Gasteiger partial charge is 0.465 e. The van der Waals surface area contributed by atoms with Gasteiger partial charge in [-0.1, -0.05) is 11.6 Å². The van der Waals surface area contributed by atoms with Crippen molar-refractivity contribution in [3.63, 3.8) is 0 Å². The van der Waals surface area contributed by atoms with E-state index in [-0.39, 0.29) is 0 Å². The minimum atomic E-state index is -0.406. The SMILES string of the molecule is COC(=O)c1s[c]cc1Cl. The Morgan fingerprint density at radius 1 is 1.90 bits per heavy atom. The molecule has 4 heteroatoms. The van der Waals surface area contributed by atoms with Crippen molar-refractivity contribution < 1.29 is 9.53 Å². The van der Waals surface area contributed by atoms with Gasteiger partial charge < -0.3 is 4.74 Å². The summed E-state index contributed by atoms with van der Waals surface area (Å²) in [5.41, 5.74) is 0. The molecule has 0 aliphatic carbocycles.